The van der Waals surface area contributed by atoms with E-state index in [0.29, 0.717) is 26.1 Å². The lowest BCUT2D eigenvalue weighted by Crippen LogP contribution is -2.58. The summed E-state index contributed by atoms with van der Waals surface area (Å²) in [5.41, 5.74) is 1.84. The highest BCUT2D eigenvalue weighted by Gasteiger charge is 2.72. The Balaban J connectivity index is 1.18. The molecule has 1 unspecified atom stereocenters. The molecule has 1 aromatic carbocycles. The molecular formula is C33H49N3O6. The van der Waals surface area contributed by atoms with Gasteiger partial charge in [0.1, 0.15) is 29.5 Å². The second-order valence-corrected chi connectivity index (χ2v) is 13.3. The number of allylic oxidation sites excluding steroid dienone is 1. The Morgan fingerprint density at radius 3 is 2.43 bits per heavy atom. The van der Waals surface area contributed by atoms with Crippen LogP contribution in [0.4, 0.5) is 4.79 Å². The maximum Gasteiger partial charge on any atom is 0.408 e. The first-order valence-corrected chi connectivity index (χ1v) is 15.6. The number of epoxide rings is 2. The van der Waals surface area contributed by atoms with E-state index < -0.39 is 23.8 Å². The van der Waals surface area contributed by atoms with Gasteiger partial charge in [-0.1, -0.05) is 55.8 Å². The third kappa shape index (κ3) is 6.69. The molecule has 5 rings (SSSR count). The molecule has 4 aliphatic rings. The number of benzene rings is 1. The van der Waals surface area contributed by atoms with Crippen LogP contribution >= 0.6 is 0 Å². The fourth-order valence-corrected chi connectivity index (χ4v) is 7.05. The number of methoxy groups -OCH3 is 1. The number of ether oxygens (including phenoxy) is 4. The van der Waals surface area contributed by atoms with Gasteiger partial charge in [-0.3, -0.25) is 9.69 Å². The molecular weight excluding hydrogens is 534 g/mol. The summed E-state index contributed by atoms with van der Waals surface area (Å²) >= 11 is 0. The average molecular weight is 584 g/mol. The van der Waals surface area contributed by atoms with Crippen LogP contribution in [0.15, 0.2) is 42.0 Å². The van der Waals surface area contributed by atoms with Gasteiger partial charge in [0, 0.05) is 39.8 Å². The molecule has 4 fully saturated rings. The smallest absolute Gasteiger partial charge is 0.408 e. The SMILES string of the molecule is CO[C@H]1[C@H](C2(C)O[C@@H]2CC=C(C)C)[C@]2(CC[C@H]1OC(=O)N[C@@H](C(=O)N1CCN(Cc3ccccc3)CC1)C(C)C)CO2. The molecule has 7 atom stereocenters. The van der Waals surface area contributed by atoms with Crippen molar-refractivity contribution in [1.29, 1.82) is 0 Å². The molecule has 9 nitrogen and oxygen atoms in total. The number of nitrogens with zero attached hydrogens (tertiary/aromatic N) is 2. The van der Waals surface area contributed by atoms with Crippen molar-refractivity contribution >= 4 is 12.0 Å². The highest BCUT2D eigenvalue weighted by atomic mass is 16.6. The van der Waals surface area contributed by atoms with E-state index >= 15 is 0 Å². The zero-order chi connectivity index (χ0) is 30.1. The van der Waals surface area contributed by atoms with Gasteiger partial charge in [-0.05, 0) is 51.5 Å². The standard InChI is InChI=1S/C33H49N3O6/c1-22(2)12-13-26-32(5,42-26)29-28(39-6)25(14-15-33(29)21-40-33)41-31(38)34-27(23(3)4)30(37)36-18-16-35(17-19-36)20-24-10-8-7-9-11-24/h7-12,23,25-29H,13-21H2,1-6H3,(H,34,38)/t25-,26-,27-,28-,29-,32?,33+/m1/s1. The van der Waals surface area contributed by atoms with Crippen LogP contribution in [0.5, 0.6) is 0 Å². The van der Waals surface area contributed by atoms with E-state index in [9.17, 15) is 9.59 Å². The van der Waals surface area contributed by atoms with Crippen LogP contribution in [0, 0.1) is 11.8 Å². The molecule has 3 heterocycles. The molecule has 1 aromatic rings. The van der Waals surface area contributed by atoms with Gasteiger partial charge in [-0.2, -0.15) is 0 Å². The van der Waals surface area contributed by atoms with Crippen molar-refractivity contribution in [1.82, 2.24) is 15.1 Å². The van der Waals surface area contributed by atoms with Crippen LogP contribution < -0.4 is 5.32 Å². The molecule has 1 N–H and O–H groups in total. The van der Waals surface area contributed by atoms with Crippen molar-refractivity contribution < 1.29 is 28.5 Å². The van der Waals surface area contributed by atoms with Gasteiger partial charge in [0.15, 0.2) is 0 Å². The monoisotopic (exact) mass is 583 g/mol. The van der Waals surface area contributed by atoms with E-state index in [1.165, 1.54) is 11.1 Å². The highest BCUT2D eigenvalue weighted by Crippen LogP contribution is 2.59. The first-order valence-electron chi connectivity index (χ1n) is 15.6. The minimum absolute atomic E-state index is 0.0492. The summed E-state index contributed by atoms with van der Waals surface area (Å²) in [4.78, 5) is 31.1. The summed E-state index contributed by atoms with van der Waals surface area (Å²) in [5, 5.41) is 2.91. The summed E-state index contributed by atoms with van der Waals surface area (Å²) < 4.78 is 24.4. The van der Waals surface area contributed by atoms with Crippen molar-refractivity contribution in [3.63, 3.8) is 0 Å². The fraction of sp³-hybridized carbons (Fsp3) is 0.697. The molecule has 0 radical (unpaired) electrons. The molecule has 3 saturated heterocycles. The molecule has 1 spiro atoms. The Morgan fingerprint density at radius 2 is 1.83 bits per heavy atom. The largest absolute Gasteiger partial charge is 0.443 e. The number of hydrogen-bond acceptors (Lipinski definition) is 7. The molecule has 232 valence electrons. The molecule has 1 aliphatic carbocycles. The van der Waals surface area contributed by atoms with Crippen molar-refractivity contribution in [2.24, 2.45) is 11.8 Å². The highest BCUT2D eigenvalue weighted by molar-refractivity contribution is 5.86. The number of nitrogens with one attached hydrogen (secondary N) is 1. The van der Waals surface area contributed by atoms with Crippen LogP contribution in [0.1, 0.15) is 59.4 Å². The van der Waals surface area contributed by atoms with Gasteiger partial charge in [-0.25, -0.2) is 4.79 Å². The first kappa shape index (κ1) is 31.0. The van der Waals surface area contributed by atoms with Crippen LogP contribution in [-0.4, -0.2) is 97.3 Å². The number of piperazine rings is 1. The summed E-state index contributed by atoms with van der Waals surface area (Å²) in [6.45, 7) is 14.6. The van der Waals surface area contributed by atoms with Gasteiger partial charge >= 0.3 is 6.09 Å². The fourth-order valence-electron chi connectivity index (χ4n) is 7.05. The average Bonchev–Trinajstić information content (AvgIpc) is 3.88. The number of rotatable bonds is 10. The number of alkyl carbamates (subject to hydrolysis) is 1. The summed E-state index contributed by atoms with van der Waals surface area (Å²) in [7, 11) is 1.67. The Kier molecular flexibility index (Phi) is 9.33. The Hall–Kier alpha value is -2.46. The molecule has 1 saturated carbocycles. The Bertz CT molecular complexity index is 1130. The van der Waals surface area contributed by atoms with Crippen LogP contribution in [0.3, 0.4) is 0 Å². The molecule has 0 bridgehead atoms. The lowest BCUT2D eigenvalue weighted by atomic mass is 9.68. The normalized spacial score (nSPS) is 33.3. The van der Waals surface area contributed by atoms with E-state index in [-0.39, 0.29) is 35.6 Å². The predicted molar refractivity (Wildman–Crippen MR) is 160 cm³/mol. The van der Waals surface area contributed by atoms with E-state index in [1.54, 1.807) is 7.11 Å². The topological polar surface area (TPSA) is 96.2 Å². The zero-order valence-electron chi connectivity index (χ0n) is 26.1. The van der Waals surface area contributed by atoms with E-state index in [0.717, 1.165) is 32.5 Å². The van der Waals surface area contributed by atoms with Crippen molar-refractivity contribution in [3.05, 3.63) is 47.5 Å². The van der Waals surface area contributed by atoms with Crippen molar-refractivity contribution in [2.45, 2.75) is 96.0 Å². The van der Waals surface area contributed by atoms with Gasteiger partial charge in [-0.15, -0.1) is 0 Å². The van der Waals surface area contributed by atoms with Crippen LogP contribution in [-0.2, 0) is 30.3 Å². The lowest BCUT2D eigenvalue weighted by molar-refractivity contribution is -0.137. The second-order valence-electron chi connectivity index (χ2n) is 13.3. The summed E-state index contributed by atoms with van der Waals surface area (Å²) in [6.07, 6.45) is 3.15. The molecule has 2 amide bonds. The predicted octanol–water partition coefficient (Wildman–Crippen LogP) is 4.16. The van der Waals surface area contributed by atoms with Gasteiger partial charge in [0.05, 0.1) is 18.6 Å². The number of hydrogen-bond donors (Lipinski definition) is 1. The van der Waals surface area contributed by atoms with E-state index in [4.69, 9.17) is 18.9 Å². The minimum Gasteiger partial charge on any atom is -0.443 e. The second kappa shape index (κ2) is 12.6. The third-order valence-corrected chi connectivity index (χ3v) is 9.63. The van der Waals surface area contributed by atoms with Gasteiger partial charge in [0.2, 0.25) is 5.91 Å². The maximum absolute atomic E-state index is 13.6. The zero-order valence-corrected chi connectivity index (χ0v) is 26.1. The van der Waals surface area contributed by atoms with Crippen molar-refractivity contribution in [3.8, 4) is 0 Å². The van der Waals surface area contributed by atoms with Crippen molar-refractivity contribution in [2.75, 3.05) is 39.9 Å². The molecule has 0 aromatic heterocycles. The third-order valence-electron chi connectivity index (χ3n) is 9.63. The summed E-state index contributed by atoms with van der Waals surface area (Å²) in [6, 6.07) is 9.72. The minimum atomic E-state index is -0.658. The van der Waals surface area contributed by atoms with Crippen LogP contribution in [0.25, 0.3) is 0 Å². The number of carbonyl (C=O) groups is 2. The Morgan fingerprint density at radius 1 is 1.14 bits per heavy atom. The first-order chi connectivity index (χ1) is 20.1. The number of carbonyl (C=O) groups excluding carboxylic acids is 2. The quantitative estimate of drug-likeness (QED) is 0.327. The maximum atomic E-state index is 13.6. The molecule has 3 aliphatic heterocycles. The summed E-state index contributed by atoms with van der Waals surface area (Å²) in [5.74, 6) is -0.188. The lowest BCUT2D eigenvalue weighted by Gasteiger charge is -2.42. The molecule has 42 heavy (non-hydrogen) atoms. The number of amides is 2. The van der Waals surface area contributed by atoms with Crippen LogP contribution in [0.2, 0.25) is 0 Å². The van der Waals surface area contributed by atoms with E-state index in [2.05, 4.69) is 61.3 Å². The Labute approximate surface area is 250 Å². The molecule has 9 heteroatoms. The van der Waals surface area contributed by atoms with Gasteiger partial charge < -0.3 is 29.2 Å². The van der Waals surface area contributed by atoms with Gasteiger partial charge in [0.25, 0.3) is 0 Å². The van der Waals surface area contributed by atoms with E-state index in [1.807, 2.05) is 24.8 Å².